The smallest absolute Gasteiger partial charge is 0.164 e. The molecule has 4 nitrogen and oxygen atoms in total. The summed E-state index contributed by atoms with van der Waals surface area (Å²) in [5, 5.41) is 4.00. The highest BCUT2D eigenvalue weighted by Gasteiger charge is 1.89. The third-order valence-corrected chi connectivity index (χ3v) is 1.41. The molecule has 0 aromatic carbocycles. The molecule has 1 N–H and O–H groups in total. The predicted octanol–water partition coefficient (Wildman–Crippen LogP) is 1.92. The van der Waals surface area contributed by atoms with E-state index in [2.05, 4.69) is 34.3 Å². The molecular weight excluding hydrogens is 164 g/mol. The number of hydrogen-bond donors (Lipinski definition) is 1. The molecule has 0 aliphatic heterocycles. The van der Waals surface area contributed by atoms with E-state index in [1.807, 2.05) is 6.21 Å². The average Bonchev–Trinajstić information content (AvgIpc) is 2.14. The molecule has 0 unspecified atom stereocenters. The summed E-state index contributed by atoms with van der Waals surface area (Å²) < 4.78 is 0. The minimum atomic E-state index is 0.632. The van der Waals surface area contributed by atoms with E-state index in [1.54, 1.807) is 18.6 Å². The molecule has 1 aromatic rings. The molecule has 1 heterocycles. The Morgan fingerprint density at radius 3 is 3.00 bits per heavy atom. The van der Waals surface area contributed by atoms with Crippen molar-refractivity contribution >= 4 is 12.0 Å². The second kappa shape index (κ2) is 5.24. The zero-order valence-corrected chi connectivity index (χ0v) is 7.94. The number of anilines is 1. The second-order valence-electron chi connectivity index (χ2n) is 3.14. The first-order chi connectivity index (χ1) is 6.29. The van der Waals surface area contributed by atoms with Gasteiger partial charge in [-0.2, -0.15) is 5.10 Å². The van der Waals surface area contributed by atoms with Gasteiger partial charge in [0, 0.05) is 18.6 Å². The van der Waals surface area contributed by atoms with E-state index in [4.69, 9.17) is 0 Å². The lowest BCUT2D eigenvalue weighted by molar-refractivity contribution is 0.690. The molecule has 0 amide bonds. The fourth-order valence-electron chi connectivity index (χ4n) is 0.732. The minimum absolute atomic E-state index is 0.632. The molecule has 1 rings (SSSR count). The van der Waals surface area contributed by atoms with Crippen molar-refractivity contribution in [2.24, 2.45) is 11.0 Å². The van der Waals surface area contributed by atoms with Crippen LogP contribution in [0.4, 0.5) is 5.82 Å². The Morgan fingerprint density at radius 1 is 1.54 bits per heavy atom. The summed E-state index contributed by atoms with van der Waals surface area (Å²) in [6.07, 6.45) is 7.70. The first-order valence-electron chi connectivity index (χ1n) is 4.32. The van der Waals surface area contributed by atoms with E-state index in [1.165, 1.54) is 0 Å². The fraction of sp³-hybridized carbons (Fsp3) is 0.444. The molecule has 0 aliphatic carbocycles. The van der Waals surface area contributed by atoms with Crippen molar-refractivity contribution in [3.05, 3.63) is 18.6 Å². The zero-order valence-electron chi connectivity index (χ0n) is 7.94. The monoisotopic (exact) mass is 178 g/mol. The molecule has 0 saturated carbocycles. The SMILES string of the molecule is CC(C)C/C=N/Nc1cnccn1. The molecule has 0 atom stereocenters. The number of nitrogens with one attached hydrogen (secondary N) is 1. The Bertz CT molecular complexity index is 256. The zero-order chi connectivity index (χ0) is 9.52. The third kappa shape index (κ3) is 4.20. The summed E-state index contributed by atoms with van der Waals surface area (Å²) >= 11 is 0. The van der Waals surface area contributed by atoms with Crippen LogP contribution in [0, 0.1) is 5.92 Å². The van der Waals surface area contributed by atoms with Crippen LogP contribution >= 0.6 is 0 Å². The van der Waals surface area contributed by atoms with Crippen molar-refractivity contribution in [3.8, 4) is 0 Å². The van der Waals surface area contributed by atoms with Crippen LogP contribution in [0.15, 0.2) is 23.7 Å². The van der Waals surface area contributed by atoms with Crippen molar-refractivity contribution < 1.29 is 0 Å². The van der Waals surface area contributed by atoms with E-state index in [0.29, 0.717) is 11.7 Å². The summed E-state index contributed by atoms with van der Waals surface area (Å²) in [5.74, 6) is 1.30. The molecule has 4 heteroatoms. The van der Waals surface area contributed by atoms with Crippen molar-refractivity contribution in [3.63, 3.8) is 0 Å². The van der Waals surface area contributed by atoms with Gasteiger partial charge in [0.1, 0.15) is 0 Å². The van der Waals surface area contributed by atoms with Gasteiger partial charge in [-0.3, -0.25) is 10.4 Å². The van der Waals surface area contributed by atoms with Crippen LogP contribution in [0.5, 0.6) is 0 Å². The number of nitrogens with zero attached hydrogens (tertiary/aromatic N) is 3. The predicted molar refractivity (Wildman–Crippen MR) is 53.6 cm³/mol. The highest BCUT2D eigenvalue weighted by molar-refractivity contribution is 5.58. The highest BCUT2D eigenvalue weighted by atomic mass is 15.3. The largest absolute Gasteiger partial charge is 0.260 e. The Labute approximate surface area is 78.1 Å². The van der Waals surface area contributed by atoms with Gasteiger partial charge >= 0.3 is 0 Å². The van der Waals surface area contributed by atoms with E-state index in [-0.39, 0.29) is 0 Å². The Morgan fingerprint density at radius 2 is 2.38 bits per heavy atom. The summed E-state index contributed by atoms with van der Waals surface area (Å²) in [6.45, 7) is 4.29. The Balaban J connectivity index is 2.31. The summed E-state index contributed by atoms with van der Waals surface area (Å²) in [4.78, 5) is 7.91. The molecule has 0 saturated heterocycles. The van der Waals surface area contributed by atoms with Crippen molar-refractivity contribution in [2.75, 3.05) is 5.43 Å². The van der Waals surface area contributed by atoms with Crippen LogP contribution in [0.3, 0.4) is 0 Å². The van der Waals surface area contributed by atoms with Gasteiger partial charge in [-0.05, 0) is 12.3 Å². The van der Waals surface area contributed by atoms with Crippen LogP contribution in [0.25, 0.3) is 0 Å². The third-order valence-electron chi connectivity index (χ3n) is 1.41. The lowest BCUT2D eigenvalue weighted by atomic mass is 10.2. The van der Waals surface area contributed by atoms with Gasteiger partial charge in [0.2, 0.25) is 0 Å². The van der Waals surface area contributed by atoms with E-state index < -0.39 is 0 Å². The van der Waals surface area contributed by atoms with E-state index in [9.17, 15) is 0 Å². The maximum absolute atomic E-state index is 4.01. The molecule has 70 valence electrons. The van der Waals surface area contributed by atoms with Gasteiger partial charge in [-0.1, -0.05) is 13.8 Å². The van der Waals surface area contributed by atoms with Gasteiger partial charge in [-0.15, -0.1) is 0 Å². The van der Waals surface area contributed by atoms with Gasteiger partial charge in [0.05, 0.1) is 6.20 Å². The van der Waals surface area contributed by atoms with E-state index in [0.717, 1.165) is 6.42 Å². The molecule has 0 aliphatic rings. The van der Waals surface area contributed by atoms with Gasteiger partial charge in [-0.25, -0.2) is 4.98 Å². The molecule has 0 spiro atoms. The first kappa shape index (κ1) is 9.64. The maximum atomic E-state index is 4.01. The molecule has 0 radical (unpaired) electrons. The molecule has 0 fully saturated rings. The van der Waals surface area contributed by atoms with Crippen molar-refractivity contribution in [1.29, 1.82) is 0 Å². The summed E-state index contributed by atoms with van der Waals surface area (Å²) in [7, 11) is 0. The standard InChI is InChI=1S/C9H14N4/c1-8(2)3-4-12-13-9-7-10-5-6-11-9/h4-8H,3H2,1-2H3,(H,11,13)/b12-4+. The molecular formula is C9H14N4. The van der Waals surface area contributed by atoms with Gasteiger partial charge < -0.3 is 0 Å². The second-order valence-corrected chi connectivity index (χ2v) is 3.14. The topological polar surface area (TPSA) is 50.2 Å². The first-order valence-corrected chi connectivity index (χ1v) is 4.32. The number of rotatable bonds is 4. The lowest BCUT2D eigenvalue weighted by Crippen LogP contribution is -1.94. The molecule has 0 bridgehead atoms. The lowest BCUT2D eigenvalue weighted by Gasteiger charge is -1.98. The van der Waals surface area contributed by atoms with Crippen molar-refractivity contribution in [2.45, 2.75) is 20.3 Å². The Kier molecular flexibility index (Phi) is 3.88. The minimum Gasteiger partial charge on any atom is -0.260 e. The average molecular weight is 178 g/mol. The fourth-order valence-corrected chi connectivity index (χ4v) is 0.732. The van der Waals surface area contributed by atoms with Crippen LogP contribution < -0.4 is 5.43 Å². The van der Waals surface area contributed by atoms with Crippen LogP contribution in [0.2, 0.25) is 0 Å². The maximum Gasteiger partial charge on any atom is 0.164 e. The Hall–Kier alpha value is -1.45. The van der Waals surface area contributed by atoms with Crippen molar-refractivity contribution in [1.82, 2.24) is 9.97 Å². The normalized spacial score (nSPS) is 11.0. The number of aromatic nitrogens is 2. The van der Waals surface area contributed by atoms with Crippen LogP contribution in [-0.4, -0.2) is 16.2 Å². The summed E-state index contributed by atoms with van der Waals surface area (Å²) in [6, 6.07) is 0. The molecule has 1 aromatic heterocycles. The summed E-state index contributed by atoms with van der Waals surface area (Å²) in [5.41, 5.74) is 2.80. The highest BCUT2D eigenvalue weighted by Crippen LogP contribution is 1.98. The number of hydrogen-bond acceptors (Lipinski definition) is 4. The van der Waals surface area contributed by atoms with Crippen LogP contribution in [0.1, 0.15) is 20.3 Å². The van der Waals surface area contributed by atoms with Crippen LogP contribution in [-0.2, 0) is 0 Å². The van der Waals surface area contributed by atoms with Gasteiger partial charge in [0.25, 0.3) is 0 Å². The van der Waals surface area contributed by atoms with E-state index >= 15 is 0 Å². The molecule has 13 heavy (non-hydrogen) atoms. The number of hydrazone groups is 1. The quantitative estimate of drug-likeness (QED) is 0.566. The van der Waals surface area contributed by atoms with Gasteiger partial charge in [0.15, 0.2) is 5.82 Å².